The molecule has 1 aromatic heterocycles. The van der Waals surface area contributed by atoms with Crippen LogP contribution >= 0.6 is 11.8 Å². The highest BCUT2D eigenvalue weighted by Gasteiger charge is 2.25. The molecule has 0 atom stereocenters. The van der Waals surface area contributed by atoms with Gasteiger partial charge in [-0.1, -0.05) is 83.6 Å². The molecular weight excluding hydrogens is 547 g/mol. The van der Waals surface area contributed by atoms with Crippen LogP contribution in [-0.4, -0.2) is 0 Å². The van der Waals surface area contributed by atoms with Gasteiger partial charge in [0.2, 0.25) is 5.43 Å². The van der Waals surface area contributed by atoms with Crippen LogP contribution in [0.4, 0.5) is 17.1 Å². The van der Waals surface area contributed by atoms with Crippen molar-refractivity contribution in [3.05, 3.63) is 149 Å². The molecule has 2 heterocycles. The average Bonchev–Trinajstić information content (AvgIpc) is 3.03. The molecule has 4 heteroatoms. The fourth-order valence-electron chi connectivity index (χ4n) is 6.13. The number of nitrogens with zero attached hydrogens (tertiary/aromatic N) is 1. The summed E-state index contributed by atoms with van der Waals surface area (Å²) in [6.07, 6.45) is 0. The third-order valence-electron chi connectivity index (χ3n) is 8.18. The largest absolute Gasteiger partial charge is 0.456 e. The Labute approximate surface area is 254 Å². The lowest BCUT2D eigenvalue weighted by molar-refractivity contribution is 0.660. The Hall–Kier alpha value is -5.06. The maximum atomic E-state index is 13.4. The maximum absolute atomic E-state index is 13.4. The Morgan fingerprint density at radius 2 is 1.09 bits per heavy atom. The molecule has 0 spiro atoms. The highest BCUT2D eigenvalue weighted by Crippen LogP contribution is 2.51. The van der Waals surface area contributed by atoms with Crippen molar-refractivity contribution >= 4 is 50.8 Å². The van der Waals surface area contributed by atoms with Gasteiger partial charge in [-0.15, -0.1) is 0 Å². The van der Waals surface area contributed by atoms with Crippen LogP contribution in [0.2, 0.25) is 0 Å². The number of rotatable bonds is 1. The Bertz CT molecular complexity index is 2190. The van der Waals surface area contributed by atoms with Crippen molar-refractivity contribution in [1.29, 1.82) is 0 Å². The quantitative estimate of drug-likeness (QED) is 0.183. The summed E-state index contributed by atoms with van der Waals surface area (Å²) in [5.41, 5.74) is 11.2. The number of hydrogen-bond donors (Lipinski definition) is 0. The number of hydrogen-bond acceptors (Lipinski definition) is 4. The Morgan fingerprint density at radius 3 is 1.74 bits per heavy atom. The van der Waals surface area contributed by atoms with Crippen LogP contribution in [0.25, 0.3) is 44.2 Å². The lowest BCUT2D eigenvalue weighted by atomic mass is 9.96. The van der Waals surface area contributed by atoms with Gasteiger partial charge in [0.1, 0.15) is 11.2 Å². The van der Waals surface area contributed by atoms with Crippen molar-refractivity contribution in [2.45, 2.75) is 23.6 Å². The molecule has 0 radical (unpaired) electrons. The van der Waals surface area contributed by atoms with E-state index in [4.69, 9.17) is 4.42 Å². The standard InChI is InChI=1S/C39H27NO2S/c1-24-15-19-33-31(21-24)27-9-4-7-13-37(27)43-38-14-8-5-10-28(38)32-22-25(2)16-20-34(32)40(33)26-17-18-30-36(23-26)42-35-12-6-3-11-29(35)39(30)41/h3-23H,1-2H3. The molecule has 0 fully saturated rings. The van der Waals surface area contributed by atoms with E-state index >= 15 is 0 Å². The van der Waals surface area contributed by atoms with E-state index in [0.29, 0.717) is 21.9 Å². The first-order chi connectivity index (χ1) is 21.0. The molecule has 3 nitrogen and oxygen atoms in total. The average molecular weight is 574 g/mol. The number of anilines is 3. The molecular formula is C39H27NO2S. The summed E-state index contributed by atoms with van der Waals surface area (Å²) in [6.45, 7) is 4.28. The molecule has 6 aromatic carbocycles. The zero-order valence-electron chi connectivity index (χ0n) is 23.8. The molecule has 206 valence electrons. The minimum atomic E-state index is -0.0173. The summed E-state index contributed by atoms with van der Waals surface area (Å²) < 4.78 is 6.36. The Kier molecular flexibility index (Phi) is 5.99. The van der Waals surface area contributed by atoms with E-state index in [0.717, 1.165) is 28.2 Å². The van der Waals surface area contributed by atoms with E-state index in [1.165, 1.54) is 32.0 Å². The van der Waals surface area contributed by atoms with Crippen molar-refractivity contribution in [2.75, 3.05) is 4.90 Å². The van der Waals surface area contributed by atoms with Crippen LogP contribution in [0.5, 0.6) is 0 Å². The summed E-state index contributed by atoms with van der Waals surface area (Å²) >= 11 is 1.81. The molecule has 0 aliphatic carbocycles. The molecule has 0 N–H and O–H groups in total. The van der Waals surface area contributed by atoms with E-state index in [9.17, 15) is 4.79 Å². The van der Waals surface area contributed by atoms with Crippen LogP contribution in [-0.2, 0) is 0 Å². The highest BCUT2D eigenvalue weighted by atomic mass is 32.2. The van der Waals surface area contributed by atoms with Gasteiger partial charge < -0.3 is 9.32 Å². The predicted molar refractivity (Wildman–Crippen MR) is 179 cm³/mol. The summed E-state index contributed by atoms with van der Waals surface area (Å²) in [7, 11) is 0. The first-order valence-electron chi connectivity index (χ1n) is 14.4. The van der Waals surface area contributed by atoms with Gasteiger partial charge in [-0.25, -0.2) is 0 Å². The molecule has 0 unspecified atom stereocenters. The van der Waals surface area contributed by atoms with Crippen LogP contribution < -0.4 is 10.3 Å². The van der Waals surface area contributed by atoms with Crippen molar-refractivity contribution in [2.24, 2.45) is 0 Å². The number of fused-ring (bicyclic) bond motifs is 8. The minimum Gasteiger partial charge on any atom is -0.456 e. The van der Waals surface area contributed by atoms with Crippen LogP contribution in [0, 0.1) is 13.8 Å². The normalized spacial score (nSPS) is 12.4. The van der Waals surface area contributed by atoms with Gasteiger partial charge in [-0.2, -0.15) is 0 Å². The zero-order valence-corrected chi connectivity index (χ0v) is 24.6. The second kappa shape index (κ2) is 10.0. The topological polar surface area (TPSA) is 33.5 Å². The third kappa shape index (κ3) is 4.26. The second-order valence-electron chi connectivity index (χ2n) is 11.1. The smallest absolute Gasteiger partial charge is 0.200 e. The predicted octanol–water partition coefficient (Wildman–Crippen LogP) is 10.8. The van der Waals surface area contributed by atoms with Gasteiger partial charge >= 0.3 is 0 Å². The fourth-order valence-corrected chi connectivity index (χ4v) is 7.24. The molecule has 8 rings (SSSR count). The first-order valence-corrected chi connectivity index (χ1v) is 15.2. The van der Waals surface area contributed by atoms with E-state index in [-0.39, 0.29) is 5.43 Å². The van der Waals surface area contributed by atoms with Gasteiger partial charge in [-0.05, 0) is 85.6 Å². The van der Waals surface area contributed by atoms with Crippen molar-refractivity contribution in [3.63, 3.8) is 0 Å². The summed E-state index contributed by atoms with van der Waals surface area (Å²) in [5, 5.41) is 1.16. The van der Waals surface area contributed by atoms with Gasteiger partial charge in [0.15, 0.2) is 0 Å². The molecule has 0 bridgehead atoms. The fraction of sp³-hybridized carbons (Fsp3) is 0.0513. The number of benzene rings is 6. The lowest BCUT2D eigenvalue weighted by Crippen LogP contribution is -2.14. The molecule has 43 heavy (non-hydrogen) atoms. The van der Waals surface area contributed by atoms with Crippen LogP contribution in [0.3, 0.4) is 0 Å². The molecule has 0 saturated heterocycles. The molecule has 1 aliphatic heterocycles. The van der Waals surface area contributed by atoms with E-state index in [2.05, 4.69) is 104 Å². The van der Waals surface area contributed by atoms with Crippen molar-refractivity contribution in [1.82, 2.24) is 0 Å². The maximum Gasteiger partial charge on any atom is 0.200 e. The number of para-hydroxylation sites is 1. The van der Waals surface area contributed by atoms with E-state index in [1.54, 1.807) is 0 Å². The molecule has 7 aromatic rings. The van der Waals surface area contributed by atoms with Crippen LogP contribution in [0.15, 0.2) is 146 Å². The monoisotopic (exact) mass is 573 g/mol. The van der Waals surface area contributed by atoms with Crippen molar-refractivity contribution < 1.29 is 4.42 Å². The number of aryl methyl sites for hydroxylation is 2. The third-order valence-corrected chi connectivity index (χ3v) is 9.33. The summed E-state index contributed by atoms with van der Waals surface area (Å²) in [5.74, 6) is 0. The summed E-state index contributed by atoms with van der Waals surface area (Å²) in [6, 6.07) is 44.0. The molecule has 1 aliphatic rings. The molecule has 0 saturated carbocycles. The lowest BCUT2D eigenvalue weighted by Gasteiger charge is -2.32. The van der Waals surface area contributed by atoms with E-state index < -0.39 is 0 Å². The van der Waals surface area contributed by atoms with Gasteiger partial charge in [0.05, 0.1) is 22.1 Å². The van der Waals surface area contributed by atoms with Gasteiger partial charge in [-0.3, -0.25) is 4.79 Å². The highest BCUT2D eigenvalue weighted by molar-refractivity contribution is 7.99. The SMILES string of the molecule is Cc1ccc2c(c1)-c1ccccc1Sc1ccccc1-c1cc(C)ccc1N2c1ccc2c(=O)c3ccccc3oc2c1. The van der Waals surface area contributed by atoms with E-state index in [1.807, 2.05) is 54.2 Å². The van der Waals surface area contributed by atoms with Gasteiger partial charge in [0, 0.05) is 32.7 Å². The first kappa shape index (κ1) is 25.6. The Morgan fingerprint density at radius 1 is 0.535 bits per heavy atom. The van der Waals surface area contributed by atoms with Crippen molar-refractivity contribution in [3.8, 4) is 22.3 Å². The Balaban J connectivity index is 1.50. The van der Waals surface area contributed by atoms with Gasteiger partial charge in [0.25, 0.3) is 0 Å². The summed E-state index contributed by atoms with van der Waals surface area (Å²) in [4.78, 5) is 18.2. The zero-order chi connectivity index (χ0) is 29.1. The molecule has 0 amide bonds. The van der Waals surface area contributed by atoms with Crippen LogP contribution in [0.1, 0.15) is 11.1 Å². The minimum absolute atomic E-state index is 0.0173. The second-order valence-corrected chi connectivity index (χ2v) is 12.2.